The lowest BCUT2D eigenvalue weighted by molar-refractivity contribution is -0.140. The van der Waals surface area contributed by atoms with Crippen LogP contribution in [0.2, 0.25) is 0 Å². The van der Waals surface area contributed by atoms with Gasteiger partial charge >= 0.3 is 5.97 Å². The van der Waals surface area contributed by atoms with Crippen molar-refractivity contribution in [2.45, 2.75) is 51.6 Å². The number of nitrogens with one attached hydrogen (secondary N) is 1. The Morgan fingerprint density at radius 3 is 2.59 bits per heavy atom. The smallest absolute Gasteiger partial charge is 0.322 e. The molecule has 1 heterocycles. The molecule has 1 atom stereocenters. The Balaban J connectivity index is 2.87. The van der Waals surface area contributed by atoms with Gasteiger partial charge in [-0.3, -0.25) is 4.79 Å². The molecule has 1 aliphatic rings. The van der Waals surface area contributed by atoms with Crippen LogP contribution in [0.15, 0.2) is 0 Å². The zero-order valence-electron chi connectivity index (χ0n) is 10.4. The van der Waals surface area contributed by atoms with Gasteiger partial charge in [0.2, 0.25) is 0 Å². The number of hydrogen-bond acceptors (Lipinski definition) is 3. The van der Waals surface area contributed by atoms with Gasteiger partial charge in [-0.05, 0) is 33.1 Å². The first kappa shape index (κ1) is 14.4. The van der Waals surface area contributed by atoms with Crippen molar-refractivity contribution in [2.75, 3.05) is 6.54 Å². The summed E-state index contributed by atoms with van der Waals surface area (Å²) in [6.07, 6.45) is 1.60. The monoisotopic (exact) mass is 264 g/mol. The van der Waals surface area contributed by atoms with Gasteiger partial charge in [0.1, 0.15) is 6.04 Å². The Bertz CT molecular complexity index is 391. The van der Waals surface area contributed by atoms with Crippen LogP contribution in [-0.4, -0.2) is 41.9 Å². The molecule has 0 aromatic rings. The minimum Gasteiger partial charge on any atom is -0.480 e. The van der Waals surface area contributed by atoms with Crippen LogP contribution in [0.25, 0.3) is 0 Å². The summed E-state index contributed by atoms with van der Waals surface area (Å²) in [5, 5.41) is 8.97. The second-order valence-electron chi connectivity index (χ2n) is 4.95. The molecule has 1 rings (SSSR count). The highest BCUT2D eigenvalue weighted by Gasteiger charge is 2.40. The first-order valence-electron chi connectivity index (χ1n) is 5.73. The lowest BCUT2D eigenvalue weighted by Gasteiger charge is -2.29. The Hall–Kier alpha value is -0.660. The van der Waals surface area contributed by atoms with E-state index in [1.807, 2.05) is 6.92 Å². The summed E-state index contributed by atoms with van der Waals surface area (Å²) >= 11 is 0. The van der Waals surface area contributed by atoms with Crippen LogP contribution in [0.3, 0.4) is 0 Å². The molecule has 17 heavy (non-hydrogen) atoms. The van der Waals surface area contributed by atoms with Crippen LogP contribution in [-0.2, 0) is 15.0 Å². The van der Waals surface area contributed by atoms with Crippen LogP contribution in [0, 0.1) is 0 Å². The summed E-state index contributed by atoms with van der Waals surface area (Å²) in [4.78, 5) is 11.0. The average molecular weight is 264 g/mol. The van der Waals surface area contributed by atoms with E-state index in [1.165, 1.54) is 0 Å². The maximum atomic E-state index is 12.1. The first-order chi connectivity index (χ1) is 7.69. The highest BCUT2D eigenvalue weighted by Crippen LogP contribution is 2.22. The van der Waals surface area contributed by atoms with Gasteiger partial charge in [0, 0.05) is 12.1 Å². The third-order valence-electron chi connectivity index (χ3n) is 3.09. The van der Waals surface area contributed by atoms with Crippen molar-refractivity contribution in [1.29, 1.82) is 0 Å². The Morgan fingerprint density at radius 2 is 2.12 bits per heavy atom. The predicted octanol–water partition coefficient (Wildman–Crippen LogP) is 0.558. The summed E-state index contributed by atoms with van der Waals surface area (Å²) in [5.41, 5.74) is -0.565. The van der Waals surface area contributed by atoms with Crippen molar-refractivity contribution >= 4 is 16.2 Å². The molecule has 0 aromatic heterocycles. The van der Waals surface area contributed by atoms with Gasteiger partial charge in [-0.15, -0.1) is 0 Å². The molecule has 0 spiro atoms. The van der Waals surface area contributed by atoms with E-state index in [1.54, 1.807) is 13.8 Å². The molecular formula is C10H20N2O4S. The average Bonchev–Trinajstić information content (AvgIpc) is 2.65. The Morgan fingerprint density at radius 1 is 1.53 bits per heavy atom. The zero-order valence-corrected chi connectivity index (χ0v) is 11.2. The first-order valence-corrected chi connectivity index (χ1v) is 7.17. The fourth-order valence-electron chi connectivity index (χ4n) is 1.75. The Kier molecular flexibility index (Phi) is 4.16. The van der Waals surface area contributed by atoms with Gasteiger partial charge in [-0.1, -0.05) is 6.92 Å². The number of hydrogen-bond donors (Lipinski definition) is 2. The van der Waals surface area contributed by atoms with Gasteiger partial charge in [-0.2, -0.15) is 17.4 Å². The molecule has 0 radical (unpaired) electrons. The molecule has 7 heteroatoms. The molecule has 1 fully saturated rings. The molecule has 6 nitrogen and oxygen atoms in total. The third-order valence-corrected chi connectivity index (χ3v) is 4.95. The number of carbonyl (C=O) groups is 1. The highest BCUT2D eigenvalue weighted by atomic mass is 32.2. The number of carboxylic acid groups (broad SMARTS) is 1. The van der Waals surface area contributed by atoms with E-state index in [-0.39, 0.29) is 6.54 Å². The fourth-order valence-corrected chi connectivity index (χ4v) is 3.61. The van der Waals surface area contributed by atoms with Crippen molar-refractivity contribution in [1.82, 2.24) is 9.03 Å². The molecule has 0 aliphatic carbocycles. The molecule has 1 saturated heterocycles. The number of rotatable bonds is 5. The van der Waals surface area contributed by atoms with Crippen LogP contribution in [0.1, 0.15) is 40.0 Å². The van der Waals surface area contributed by atoms with Gasteiger partial charge < -0.3 is 5.11 Å². The lowest BCUT2D eigenvalue weighted by Crippen LogP contribution is -2.52. The second kappa shape index (κ2) is 4.91. The van der Waals surface area contributed by atoms with Crippen LogP contribution >= 0.6 is 0 Å². The van der Waals surface area contributed by atoms with Gasteiger partial charge in [0.05, 0.1) is 0 Å². The van der Waals surface area contributed by atoms with Gasteiger partial charge in [0.25, 0.3) is 10.2 Å². The molecule has 0 amide bonds. The molecule has 2 N–H and O–H groups in total. The van der Waals surface area contributed by atoms with E-state index >= 15 is 0 Å². The lowest BCUT2D eigenvalue weighted by atomic mass is 10.0. The Labute approximate surface area is 102 Å². The summed E-state index contributed by atoms with van der Waals surface area (Å²) in [7, 11) is -3.72. The molecule has 0 bridgehead atoms. The summed E-state index contributed by atoms with van der Waals surface area (Å²) in [6.45, 7) is 5.69. The standard InChI is InChI=1S/C10H20N2O4S/c1-4-10(2,3)11-17(15,16)12-7-5-6-8(12)9(13)14/h8,11H,4-7H2,1-3H3,(H,13,14). The largest absolute Gasteiger partial charge is 0.480 e. The van der Waals surface area contributed by atoms with Crippen LogP contribution in [0.4, 0.5) is 0 Å². The third kappa shape index (κ3) is 3.40. The van der Waals surface area contributed by atoms with E-state index in [0.29, 0.717) is 19.3 Å². The van der Waals surface area contributed by atoms with Crippen molar-refractivity contribution in [3.63, 3.8) is 0 Å². The molecule has 1 unspecified atom stereocenters. The maximum Gasteiger partial charge on any atom is 0.322 e. The molecule has 100 valence electrons. The van der Waals surface area contributed by atoms with Crippen LogP contribution in [0.5, 0.6) is 0 Å². The topological polar surface area (TPSA) is 86.7 Å². The van der Waals surface area contributed by atoms with Crippen molar-refractivity contribution in [2.24, 2.45) is 0 Å². The molecule has 1 aliphatic heterocycles. The highest BCUT2D eigenvalue weighted by molar-refractivity contribution is 7.87. The maximum absolute atomic E-state index is 12.1. The van der Waals surface area contributed by atoms with Crippen molar-refractivity contribution in [3.8, 4) is 0 Å². The van der Waals surface area contributed by atoms with Gasteiger partial charge in [0.15, 0.2) is 0 Å². The normalized spacial score (nSPS) is 22.9. The predicted molar refractivity (Wildman–Crippen MR) is 63.8 cm³/mol. The summed E-state index contributed by atoms with van der Waals surface area (Å²) in [5.74, 6) is -1.08. The molecule has 0 aromatic carbocycles. The van der Waals surface area contributed by atoms with E-state index < -0.39 is 27.8 Å². The van der Waals surface area contributed by atoms with E-state index in [4.69, 9.17) is 5.11 Å². The molecular weight excluding hydrogens is 244 g/mol. The second-order valence-corrected chi connectivity index (χ2v) is 6.57. The molecule has 0 saturated carbocycles. The summed E-state index contributed by atoms with van der Waals surface area (Å²) < 4.78 is 27.7. The number of carboxylic acids is 1. The quantitative estimate of drug-likeness (QED) is 0.759. The zero-order chi connectivity index (χ0) is 13.3. The minimum atomic E-state index is -3.72. The van der Waals surface area contributed by atoms with Crippen molar-refractivity contribution in [3.05, 3.63) is 0 Å². The van der Waals surface area contributed by atoms with Gasteiger partial charge in [-0.25, -0.2) is 0 Å². The minimum absolute atomic E-state index is 0.270. The number of nitrogens with zero attached hydrogens (tertiary/aromatic N) is 1. The van der Waals surface area contributed by atoms with Crippen molar-refractivity contribution < 1.29 is 18.3 Å². The summed E-state index contributed by atoms with van der Waals surface area (Å²) in [6, 6.07) is -0.930. The number of aliphatic carboxylic acids is 1. The SMILES string of the molecule is CCC(C)(C)NS(=O)(=O)N1CCCC1C(=O)O. The van der Waals surface area contributed by atoms with Crippen LogP contribution < -0.4 is 4.72 Å². The fraction of sp³-hybridized carbons (Fsp3) is 0.900. The van der Waals surface area contributed by atoms with E-state index in [9.17, 15) is 13.2 Å². The van der Waals surface area contributed by atoms with E-state index in [0.717, 1.165) is 4.31 Å². The van der Waals surface area contributed by atoms with E-state index in [2.05, 4.69) is 4.72 Å².